The quantitative estimate of drug-likeness (QED) is 0.772. The molecule has 0 fully saturated rings. The van der Waals surface area contributed by atoms with Crippen LogP contribution in [0.25, 0.3) is 6.08 Å². The monoisotopic (exact) mass is 313 g/mol. The van der Waals surface area contributed by atoms with Crippen LogP contribution in [0.1, 0.15) is 23.5 Å². The largest absolute Gasteiger partial charge is 0.396 e. The van der Waals surface area contributed by atoms with E-state index in [-0.39, 0.29) is 24.2 Å². The summed E-state index contributed by atoms with van der Waals surface area (Å²) in [6.45, 7) is 0.526. The van der Waals surface area contributed by atoms with Crippen LogP contribution in [0.4, 0.5) is 4.39 Å². The molecule has 1 amide bonds. The predicted molar refractivity (Wildman–Crippen MR) is 89.3 cm³/mol. The fourth-order valence-corrected chi connectivity index (χ4v) is 2.30. The number of hydrogen-bond acceptors (Lipinski definition) is 2. The van der Waals surface area contributed by atoms with E-state index in [1.807, 2.05) is 30.3 Å². The van der Waals surface area contributed by atoms with Gasteiger partial charge in [0.2, 0.25) is 5.91 Å². The molecule has 4 heteroatoms. The van der Waals surface area contributed by atoms with Crippen molar-refractivity contribution in [2.45, 2.75) is 12.3 Å². The third kappa shape index (κ3) is 5.68. The Hall–Kier alpha value is -2.46. The molecule has 2 aromatic rings. The summed E-state index contributed by atoms with van der Waals surface area (Å²) >= 11 is 0. The molecule has 0 aromatic heterocycles. The zero-order chi connectivity index (χ0) is 16.5. The third-order valence-corrected chi connectivity index (χ3v) is 3.57. The Kier molecular flexibility index (Phi) is 6.51. The van der Waals surface area contributed by atoms with Crippen molar-refractivity contribution in [3.63, 3.8) is 0 Å². The van der Waals surface area contributed by atoms with Gasteiger partial charge < -0.3 is 10.4 Å². The summed E-state index contributed by atoms with van der Waals surface area (Å²) in [6.07, 6.45) is 3.65. The van der Waals surface area contributed by atoms with E-state index >= 15 is 0 Å². The molecule has 3 nitrogen and oxygen atoms in total. The molecule has 0 aliphatic heterocycles. The molecular formula is C19H20FNO2. The average Bonchev–Trinajstić information content (AvgIpc) is 2.59. The molecule has 0 saturated carbocycles. The molecule has 23 heavy (non-hydrogen) atoms. The van der Waals surface area contributed by atoms with Gasteiger partial charge in [-0.05, 0) is 35.8 Å². The Balaban J connectivity index is 1.90. The summed E-state index contributed by atoms with van der Waals surface area (Å²) in [5.74, 6) is -0.445. The molecule has 120 valence electrons. The number of aliphatic hydroxyl groups excluding tert-OH is 1. The average molecular weight is 313 g/mol. The second-order valence-corrected chi connectivity index (χ2v) is 5.25. The SMILES string of the molecule is O=C(/C=C/c1ccc(F)cc1)NCC(CCO)c1ccccc1. The number of carbonyl (C=O) groups is 1. The van der Waals surface area contributed by atoms with Crippen molar-refractivity contribution in [3.8, 4) is 0 Å². The lowest BCUT2D eigenvalue weighted by Crippen LogP contribution is -2.27. The number of nitrogens with one attached hydrogen (secondary N) is 1. The zero-order valence-corrected chi connectivity index (χ0v) is 12.8. The van der Waals surface area contributed by atoms with Gasteiger partial charge >= 0.3 is 0 Å². The number of amides is 1. The molecule has 0 radical (unpaired) electrons. The van der Waals surface area contributed by atoms with Crippen molar-refractivity contribution in [3.05, 3.63) is 77.6 Å². The van der Waals surface area contributed by atoms with E-state index in [2.05, 4.69) is 5.32 Å². The lowest BCUT2D eigenvalue weighted by atomic mass is 9.96. The lowest BCUT2D eigenvalue weighted by Gasteiger charge is -2.16. The van der Waals surface area contributed by atoms with Gasteiger partial charge in [-0.15, -0.1) is 0 Å². The third-order valence-electron chi connectivity index (χ3n) is 3.57. The molecule has 0 aliphatic rings. The Morgan fingerprint density at radius 1 is 1.13 bits per heavy atom. The molecular weight excluding hydrogens is 293 g/mol. The van der Waals surface area contributed by atoms with E-state index in [1.165, 1.54) is 18.2 Å². The molecule has 2 rings (SSSR count). The molecule has 1 atom stereocenters. The molecule has 2 aromatic carbocycles. The molecule has 0 heterocycles. The first kappa shape index (κ1) is 16.9. The van der Waals surface area contributed by atoms with E-state index < -0.39 is 0 Å². The van der Waals surface area contributed by atoms with Crippen LogP contribution in [0, 0.1) is 5.82 Å². The Labute approximate surface area is 135 Å². The number of aliphatic hydroxyl groups is 1. The standard InChI is InChI=1S/C19H20FNO2/c20-18-9-6-15(7-10-18)8-11-19(23)21-14-17(12-13-22)16-4-2-1-3-5-16/h1-11,17,22H,12-14H2,(H,21,23)/b11-8+. The highest BCUT2D eigenvalue weighted by Gasteiger charge is 2.11. The summed E-state index contributed by atoms with van der Waals surface area (Å²) in [4.78, 5) is 11.9. The van der Waals surface area contributed by atoms with Gasteiger partial charge in [-0.2, -0.15) is 0 Å². The number of halogens is 1. The van der Waals surface area contributed by atoms with E-state index in [9.17, 15) is 14.3 Å². The second kappa shape index (κ2) is 8.86. The Morgan fingerprint density at radius 2 is 1.83 bits per heavy atom. The van der Waals surface area contributed by atoms with Gasteiger partial charge in [-0.1, -0.05) is 42.5 Å². The second-order valence-electron chi connectivity index (χ2n) is 5.25. The van der Waals surface area contributed by atoms with E-state index in [4.69, 9.17) is 0 Å². The predicted octanol–water partition coefficient (Wildman–Crippen LogP) is 3.12. The van der Waals surface area contributed by atoms with Gasteiger partial charge in [0.05, 0.1) is 0 Å². The van der Waals surface area contributed by atoms with E-state index in [0.717, 1.165) is 11.1 Å². The molecule has 0 bridgehead atoms. The first-order valence-corrected chi connectivity index (χ1v) is 7.56. The minimum absolute atomic E-state index is 0.0703. The van der Waals surface area contributed by atoms with E-state index in [1.54, 1.807) is 18.2 Å². The van der Waals surface area contributed by atoms with Crippen molar-refractivity contribution >= 4 is 12.0 Å². The first-order chi connectivity index (χ1) is 11.2. The normalized spacial score (nSPS) is 12.3. The molecule has 1 unspecified atom stereocenters. The Bertz CT molecular complexity index is 638. The van der Waals surface area contributed by atoms with Gasteiger partial charge in [0.25, 0.3) is 0 Å². The van der Waals surface area contributed by atoms with Gasteiger partial charge in [0.15, 0.2) is 0 Å². The van der Waals surface area contributed by atoms with Gasteiger partial charge in [-0.25, -0.2) is 4.39 Å². The molecule has 0 spiro atoms. The number of rotatable bonds is 7. The van der Waals surface area contributed by atoms with Gasteiger partial charge in [0, 0.05) is 25.1 Å². The minimum atomic E-state index is -0.304. The summed E-state index contributed by atoms with van der Waals surface area (Å²) in [7, 11) is 0. The summed E-state index contributed by atoms with van der Waals surface area (Å²) in [6, 6.07) is 15.7. The highest BCUT2D eigenvalue weighted by molar-refractivity contribution is 5.91. The van der Waals surface area contributed by atoms with Gasteiger partial charge in [0.1, 0.15) is 5.82 Å². The Morgan fingerprint density at radius 3 is 2.48 bits per heavy atom. The lowest BCUT2D eigenvalue weighted by molar-refractivity contribution is -0.116. The maximum Gasteiger partial charge on any atom is 0.244 e. The van der Waals surface area contributed by atoms with E-state index in [0.29, 0.717) is 13.0 Å². The number of hydrogen-bond donors (Lipinski definition) is 2. The van der Waals surface area contributed by atoms with Crippen LogP contribution in [-0.4, -0.2) is 24.2 Å². The van der Waals surface area contributed by atoms with Crippen molar-refractivity contribution in [1.29, 1.82) is 0 Å². The van der Waals surface area contributed by atoms with Crippen molar-refractivity contribution < 1.29 is 14.3 Å². The fourth-order valence-electron chi connectivity index (χ4n) is 2.30. The molecule has 2 N–H and O–H groups in total. The minimum Gasteiger partial charge on any atom is -0.396 e. The number of benzene rings is 2. The molecule has 0 saturated heterocycles. The maximum atomic E-state index is 12.8. The maximum absolute atomic E-state index is 12.8. The smallest absolute Gasteiger partial charge is 0.244 e. The van der Waals surface area contributed by atoms with Crippen LogP contribution >= 0.6 is 0 Å². The van der Waals surface area contributed by atoms with Crippen LogP contribution in [0.5, 0.6) is 0 Å². The fraction of sp³-hybridized carbons (Fsp3) is 0.211. The van der Waals surface area contributed by atoms with Crippen LogP contribution in [0.15, 0.2) is 60.7 Å². The van der Waals surface area contributed by atoms with Crippen molar-refractivity contribution in [1.82, 2.24) is 5.32 Å². The molecule has 0 aliphatic carbocycles. The zero-order valence-electron chi connectivity index (χ0n) is 12.8. The van der Waals surface area contributed by atoms with Crippen LogP contribution < -0.4 is 5.32 Å². The summed E-state index contributed by atoms with van der Waals surface area (Å²) < 4.78 is 12.8. The van der Waals surface area contributed by atoms with Crippen LogP contribution in [0.3, 0.4) is 0 Å². The number of carbonyl (C=O) groups excluding carboxylic acids is 1. The van der Waals surface area contributed by atoms with Crippen LogP contribution in [0.2, 0.25) is 0 Å². The summed E-state index contributed by atoms with van der Waals surface area (Å²) in [5, 5.41) is 12.0. The van der Waals surface area contributed by atoms with Crippen molar-refractivity contribution in [2.75, 3.05) is 13.2 Å². The highest BCUT2D eigenvalue weighted by Crippen LogP contribution is 2.18. The van der Waals surface area contributed by atoms with Crippen molar-refractivity contribution in [2.24, 2.45) is 0 Å². The highest BCUT2D eigenvalue weighted by atomic mass is 19.1. The topological polar surface area (TPSA) is 49.3 Å². The summed E-state index contributed by atoms with van der Waals surface area (Å²) in [5.41, 5.74) is 1.85. The van der Waals surface area contributed by atoms with Gasteiger partial charge in [-0.3, -0.25) is 4.79 Å². The van der Waals surface area contributed by atoms with Crippen LogP contribution in [-0.2, 0) is 4.79 Å². The first-order valence-electron chi connectivity index (χ1n) is 7.56.